The van der Waals surface area contributed by atoms with E-state index in [2.05, 4.69) is 40.2 Å². The molecule has 1 amide bonds. The van der Waals surface area contributed by atoms with Crippen LogP contribution in [0, 0.1) is 0 Å². The molecule has 0 atom stereocenters. The molecular formula is C29H31N3O2. The fourth-order valence-electron chi connectivity index (χ4n) is 5.00. The number of aromatic nitrogens is 1. The molecule has 3 aromatic rings. The number of hydrogen-bond acceptors (Lipinski definition) is 4. The molecule has 5 nitrogen and oxygen atoms in total. The number of ether oxygens (including phenoxy) is 1. The number of nitrogens with zero attached hydrogens (tertiary/aromatic N) is 3. The summed E-state index contributed by atoms with van der Waals surface area (Å²) < 4.78 is 6.31. The fourth-order valence-corrected chi connectivity index (χ4v) is 5.00. The van der Waals surface area contributed by atoms with E-state index in [0.29, 0.717) is 18.7 Å². The first-order chi connectivity index (χ1) is 16.7. The molecule has 0 N–H and O–H groups in total. The Kier molecular flexibility index (Phi) is 6.45. The minimum Gasteiger partial charge on any atom is -0.456 e. The number of pyridine rings is 1. The van der Waals surface area contributed by atoms with Crippen LogP contribution in [0.5, 0.6) is 11.5 Å². The summed E-state index contributed by atoms with van der Waals surface area (Å²) in [7, 11) is 0. The standard InChI is InChI=1S/C29H31N3O2/c1-3-32(4-2)29(33)22-12-13-25-27(19-22)34-26-11-6-5-10-24(26)28(25)21-14-17-31(18-15-21)20-23-9-7-8-16-30-23/h5-13,16,19H,3-4,14-15,17-18,20H2,1-2H3. The Morgan fingerprint density at radius 1 is 0.941 bits per heavy atom. The van der Waals surface area contributed by atoms with Crippen molar-refractivity contribution in [1.82, 2.24) is 14.8 Å². The highest BCUT2D eigenvalue weighted by atomic mass is 16.5. The molecule has 0 bridgehead atoms. The van der Waals surface area contributed by atoms with Crippen LogP contribution in [0.25, 0.3) is 5.57 Å². The van der Waals surface area contributed by atoms with Gasteiger partial charge in [0.05, 0.1) is 5.69 Å². The maximum Gasteiger partial charge on any atom is 0.253 e. The SMILES string of the molecule is CCN(CC)C(=O)c1ccc2c(c1)Oc1ccccc1C2=C1CCN(Cc2ccccn2)CC1. The van der Waals surface area contributed by atoms with Crippen LogP contribution in [0.2, 0.25) is 0 Å². The van der Waals surface area contributed by atoms with Gasteiger partial charge in [-0.15, -0.1) is 0 Å². The van der Waals surface area contributed by atoms with Crippen molar-refractivity contribution in [2.24, 2.45) is 0 Å². The predicted octanol–water partition coefficient (Wildman–Crippen LogP) is 5.77. The third-order valence-corrected chi connectivity index (χ3v) is 6.85. The second-order valence-corrected chi connectivity index (χ2v) is 8.86. The van der Waals surface area contributed by atoms with Crippen LogP contribution in [0.1, 0.15) is 53.9 Å². The summed E-state index contributed by atoms with van der Waals surface area (Å²) in [6.45, 7) is 8.31. The highest BCUT2D eigenvalue weighted by Gasteiger charge is 2.28. The molecular weight excluding hydrogens is 422 g/mol. The van der Waals surface area contributed by atoms with Gasteiger partial charge < -0.3 is 9.64 Å². The first-order valence-electron chi connectivity index (χ1n) is 12.2. The van der Waals surface area contributed by atoms with Crippen LogP contribution in [-0.4, -0.2) is 46.9 Å². The van der Waals surface area contributed by atoms with Gasteiger partial charge in [0.15, 0.2) is 0 Å². The molecule has 0 aliphatic carbocycles. The monoisotopic (exact) mass is 453 g/mol. The Labute approximate surface area is 201 Å². The lowest BCUT2D eigenvalue weighted by Gasteiger charge is -2.32. The van der Waals surface area contributed by atoms with Crippen molar-refractivity contribution in [1.29, 1.82) is 0 Å². The van der Waals surface area contributed by atoms with Crippen molar-refractivity contribution in [2.75, 3.05) is 26.2 Å². The number of carbonyl (C=O) groups excluding carboxylic acids is 1. The van der Waals surface area contributed by atoms with E-state index in [-0.39, 0.29) is 5.91 Å². The molecule has 5 rings (SSSR count). The Morgan fingerprint density at radius 2 is 1.68 bits per heavy atom. The number of fused-ring (bicyclic) bond motifs is 2. The molecule has 1 fully saturated rings. The van der Waals surface area contributed by atoms with E-state index in [0.717, 1.165) is 60.8 Å². The average molecular weight is 454 g/mol. The van der Waals surface area contributed by atoms with Gasteiger partial charge in [0, 0.05) is 55.6 Å². The van der Waals surface area contributed by atoms with Crippen LogP contribution < -0.4 is 4.74 Å². The van der Waals surface area contributed by atoms with Gasteiger partial charge in [0.2, 0.25) is 0 Å². The van der Waals surface area contributed by atoms with Gasteiger partial charge in [0.25, 0.3) is 5.91 Å². The normalized spacial score (nSPS) is 15.4. The molecule has 0 spiro atoms. The Morgan fingerprint density at radius 3 is 2.41 bits per heavy atom. The van der Waals surface area contributed by atoms with Crippen molar-refractivity contribution in [3.63, 3.8) is 0 Å². The molecule has 34 heavy (non-hydrogen) atoms. The van der Waals surface area contributed by atoms with Crippen molar-refractivity contribution in [3.8, 4) is 11.5 Å². The number of para-hydroxylation sites is 1. The Hall–Kier alpha value is -3.44. The second kappa shape index (κ2) is 9.82. The lowest BCUT2D eigenvalue weighted by Crippen LogP contribution is -2.31. The number of carbonyl (C=O) groups is 1. The summed E-state index contributed by atoms with van der Waals surface area (Å²) in [4.78, 5) is 21.8. The van der Waals surface area contributed by atoms with Crippen molar-refractivity contribution in [3.05, 3.63) is 94.8 Å². The Bertz CT molecular complexity index is 1210. The molecule has 1 saturated heterocycles. The van der Waals surface area contributed by atoms with Crippen LogP contribution in [0.15, 0.2) is 72.4 Å². The number of hydrogen-bond donors (Lipinski definition) is 0. The largest absolute Gasteiger partial charge is 0.456 e. The van der Waals surface area contributed by atoms with E-state index < -0.39 is 0 Å². The molecule has 3 heterocycles. The van der Waals surface area contributed by atoms with Gasteiger partial charge in [-0.1, -0.05) is 29.8 Å². The molecule has 0 radical (unpaired) electrons. The first kappa shape index (κ1) is 22.4. The highest BCUT2D eigenvalue weighted by Crippen LogP contribution is 2.46. The number of likely N-dealkylation sites (tertiary alicyclic amines) is 1. The molecule has 2 aromatic carbocycles. The average Bonchev–Trinajstić information content (AvgIpc) is 2.89. The van der Waals surface area contributed by atoms with Gasteiger partial charge in [-0.25, -0.2) is 0 Å². The minimum absolute atomic E-state index is 0.0484. The van der Waals surface area contributed by atoms with Gasteiger partial charge in [-0.05, 0) is 68.7 Å². The molecule has 1 aromatic heterocycles. The maximum absolute atomic E-state index is 13.0. The van der Waals surface area contributed by atoms with Gasteiger partial charge >= 0.3 is 0 Å². The maximum atomic E-state index is 13.0. The van der Waals surface area contributed by atoms with Gasteiger partial charge in [-0.3, -0.25) is 14.7 Å². The summed E-state index contributed by atoms with van der Waals surface area (Å²) in [5.74, 6) is 1.68. The van der Waals surface area contributed by atoms with E-state index in [4.69, 9.17) is 4.74 Å². The quantitative estimate of drug-likeness (QED) is 0.385. The fraction of sp³-hybridized carbons (Fsp3) is 0.310. The number of piperidine rings is 1. The lowest BCUT2D eigenvalue weighted by molar-refractivity contribution is 0.0772. The number of amides is 1. The highest BCUT2D eigenvalue weighted by molar-refractivity contribution is 5.97. The molecule has 5 heteroatoms. The van der Waals surface area contributed by atoms with Crippen LogP contribution in [0.3, 0.4) is 0 Å². The predicted molar refractivity (Wildman–Crippen MR) is 135 cm³/mol. The summed E-state index contributed by atoms with van der Waals surface area (Å²) in [5.41, 5.74) is 6.75. The number of rotatable bonds is 5. The van der Waals surface area contributed by atoms with Gasteiger partial charge in [-0.2, -0.15) is 0 Å². The zero-order valence-corrected chi connectivity index (χ0v) is 20.0. The molecule has 2 aliphatic heterocycles. The molecule has 0 unspecified atom stereocenters. The topological polar surface area (TPSA) is 45.7 Å². The molecule has 0 saturated carbocycles. The summed E-state index contributed by atoms with van der Waals surface area (Å²) in [5, 5.41) is 0. The zero-order valence-electron chi connectivity index (χ0n) is 20.0. The molecule has 2 aliphatic rings. The van der Waals surface area contributed by atoms with Crippen molar-refractivity contribution < 1.29 is 9.53 Å². The number of benzene rings is 2. The van der Waals surface area contributed by atoms with E-state index >= 15 is 0 Å². The van der Waals surface area contributed by atoms with Crippen molar-refractivity contribution >= 4 is 11.5 Å². The van der Waals surface area contributed by atoms with E-state index in [1.54, 1.807) is 0 Å². The smallest absolute Gasteiger partial charge is 0.253 e. The van der Waals surface area contributed by atoms with E-state index in [9.17, 15) is 4.79 Å². The first-order valence-corrected chi connectivity index (χ1v) is 12.2. The minimum atomic E-state index is 0.0484. The second-order valence-electron chi connectivity index (χ2n) is 8.86. The van der Waals surface area contributed by atoms with Crippen molar-refractivity contribution in [2.45, 2.75) is 33.2 Å². The summed E-state index contributed by atoms with van der Waals surface area (Å²) in [6, 6.07) is 20.3. The summed E-state index contributed by atoms with van der Waals surface area (Å²) in [6.07, 6.45) is 3.88. The van der Waals surface area contributed by atoms with Crippen LogP contribution >= 0.6 is 0 Å². The van der Waals surface area contributed by atoms with Gasteiger partial charge in [0.1, 0.15) is 11.5 Å². The van der Waals surface area contributed by atoms with Crippen LogP contribution in [-0.2, 0) is 6.54 Å². The molecule has 174 valence electrons. The third kappa shape index (κ3) is 4.36. The lowest BCUT2D eigenvalue weighted by atomic mass is 9.85. The third-order valence-electron chi connectivity index (χ3n) is 6.85. The zero-order chi connectivity index (χ0) is 23.5. The summed E-state index contributed by atoms with van der Waals surface area (Å²) >= 11 is 0. The van der Waals surface area contributed by atoms with E-state index in [1.807, 2.05) is 55.3 Å². The van der Waals surface area contributed by atoms with Crippen LogP contribution in [0.4, 0.5) is 0 Å². The van der Waals surface area contributed by atoms with E-state index in [1.165, 1.54) is 11.1 Å². The Balaban J connectivity index is 1.46.